The molecule has 0 spiro atoms. The van der Waals surface area contributed by atoms with Crippen LogP contribution in [0.4, 0.5) is 4.79 Å². The van der Waals surface area contributed by atoms with E-state index in [2.05, 4.69) is 29.5 Å². The number of aliphatic hydroxyl groups is 1. The summed E-state index contributed by atoms with van der Waals surface area (Å²) >= 11 is 1.21. The van der Waals surface area contributed by atoms with Crippen molar-refractivity contribution in [1.29, 1.82) is 0 Å². The van der Waals surface area contributed by atoms with E-state index >= 15 is 0 Å². The number of imidazole rings is 1. The van der Waals surface area contributed by atoms with Gasteiger partial charge in [-0.1, -0.05) is 25.6 Å². The number of hydrogen-bond donors (Lipinski definition) is 3. The van der Waals surface area contributed by atoms with Gasteiger partial charge in [-0.25, -0.2) is 9.78 Å². The van der Waals surface area contributed by atoms with E-state index in [4.69, 9.17) is 5.11 Å². The van der Waals surface area contributed by atoms with Crippen molar-refractivity contribution in [2.24, 2.45) is 13.0 Å². The van der Waals surface area contributed by atoms with Gasteiger partial charge in [0, 0.05) is 13.6 Å². The van der Waals surface area contributed by atoms with E-state index in [1.165, 1.54) is 11.8 Å². The number of urea groups is 1. The second kappa shape index (κ2) is 8.68. The van der Waals surface area contributed by atoms with E-state index in [9.17, 15) is 9.59 Å². The van der Waals surface area contributed by atoms with Crippen LogP contribution in [-0.2, 0) is 18.4 Å². The lowest BCUT2D eigenvalue weighted by atomic mass is 10.1. The molecule has 1 aromatic rings. The Kier molecular flexibility index (Phi) is 7.24. The Bertz CT molecular complexity index is 488. The number of hydrogen-bond acceptors (Lipinski definition) is 5. The molecule has 3 N–H and O–H groups in total. The quantitative estimate of drug-likeness (QED) is 0.649. The van der Waals surface area contributed by atoms with Crippen molar-refractivity contribution in [3.63, 3.8) is 0 Å². The monoisotopic (exact) mass is 314 g/mol. The van der Waals surface area contributed by atoms with Crippen molar-refractivity contribution in [2.45, 2.75) is 32.0 Å². The third kappa shape index (κ3) is 6.17. The van der Waals surface area contributed by atoms with Gasteiger partial charge in [-0.2, -0.15) is 0 Å². The predicted molar refractivity (Wildman–Crippen MR) is 80.9 cm³/mol. The van der Waals surface area contributed by atoms with E-state index in [1.807, 2.05) is 0 Å². The molecular formula is C13H22N4O3S. The number of aliphatic hydroxyl groups excluding tert-OH is 1. The van der Waals surface area contributed by atoms with Crippen LogP contribution in [0.2, 0.25) is 0 Å². The van der Waals surface area contributed by atoms with Crippen LogP contribution in [0.15, 0.2) is 11.4 Å². The number of rotatable bonds is 7. The summed E-state index contributed by atoms with van der Waals surface area (Å²) in [5, 5.41) is 14.6. The van der Waals surface area contributed by atoms with Gasteiger partial charge in [-0.05, 0) is 12.3 Å². The van der Waals surface area contributed by atoms with Crippen LogP contribution in [0.1, 0.15) is 26.0 Å². The van der Waals surface area contributed by atoms with Gasteiger partial charge in [0.25, 0.3) is 0 Å². The van der Waals surface area contributed by atoms with Crippen LogP contribution >= 0.6 is 11.8 Å². The Balaban J connectivity index is 2.30. The Morgan fingerprint density at radius 2 is 2.19 bits per heavy atom. The number of carbonyl (C=O) groups excluding carboxylic acids is 2. The molecule has 0 aliphatic carbocycles. The van der Waals surface area contributed by atoms with Crippen molar-refractivity contribution in [3.05, 3.63) is 11.9 Å². The summed E-state index contributed by atoms with van der Waals surface area (Å²) in [5.74, 6) is 0.212. The van der Waals surface area contributed by atoms with Crippen molar-refractivity contribution in [1.82, 2.24) is 20.2 Å². The lowest BCUT2D eigenvalue weighted by Gasteiger charge is -2.08. The molecule has 1 aromatic heterocycles. The van der Waals surface area contributed by atoms with Gasteiger partial charge in [0.1, 0.15) is 0 Å². The highest BCUT2D eigenvalue weighted by molar-refractivity contribution is 7.99. The third-order valence-electron chi connectivity index (χ3n) is 2.80. The molecule has 0 atom stereocenters. The first-order chi connectivity index (χ1) is 9.93. The van der Waals surface area contributed by atoms with Crippen LogP contribution in [0, 0.1) is 5.92 Å². The zero-order valence-corrected chi connectivity index (χ0v) is 13.4. The molecule has 3 amide bonds. The number of nitrogens with zero attached hydrogens (tertiary/aromatic N) is 2. The minimum atomic E-state index is -0.475. The summed E-state index contributed by atoms with van der Waals surface area (Å²) in [7, 11) is 1.76. The number of thioether (sulfide) groups is 1. The second-order valence-electron chi connectivity index (χ2n) is 5.02. The molecule has 0 saturated carbocycles. The lowest BCUT2D eigenvalue weighted by molar-refractivity contribution is -0.117. The predicted octanol–water partition coefficient (Wildman–Crippen LogP) is 0.876. The molecule has 21 heavy (non-hydrogen) atoms. The first kappa shape index (κ1) is 17.5. The average Bonchev–Trinajstić information content (AvgIpc) is 2.76. The average molecular weight is 314 g/mol. The molecule has 0 unspecified atom stereocenters. The van der Waals surface area contributed by atoms with Crippen LogP contribution < -0.4 is 10.6 Å². The number of amides is 3. The summed E-state index contributed by atoms with van der Waals surface area (Å²) in [6, 6.07) is -0.475. The minimum Gasteiger partial charge on any atom is -0.390 e. The molecule has 0 aromatic carbocycles. The number of aromatic nitrogens is 2. The summed E-state index contributed by atoms with van der Waals surface area (Å²) in [6.45, 7) is 4.57. The van der Waals surface area contributed by atoms with Gasteiger partial charge in [-0.3, -0.25) is 10.1 Å². The molecule has 0 fully saturated rings. The molecule has 0 aliphatic heterocycles. The van der Waals surface area contributed by atoms with Gasteiger partial charge in [0.2, 0.25) is 5.91 Å². The zero-order valence-electron chi connectivity index (χ0n) is 12.5. The molecule has 8 heteroatoms. The van der Waals surface area contributed by atoms with Gasteiger partial charge in [0.05, 0.1) is 24.3 Å². The maximum Gasteiger partial charge on any atom is 0.321 e. The lowest BCUT2D eigenvalue weighted by Crippen LogP contribution is -2.40. The summed E-state index contributed by atoms with van der Waals surface area (Å²) in [6.07, 6.45) is 2.42. The van der Waals surface area contributed by atoms with Gasteiger partial charge < -0.3 is 15.0 Å². The van der Waals surface area contributed by atoms with E-state index in [0.717, 1.165) is 6.42 Å². The molecule has 1 heterocycles. The molecule has 1 rings (SSSR count). The molecule has 0 saturated heterocycles. The fourth-order valence-corrected chi connectivity index (χ4v) is 2.29. The van der Waals surface area contributed by atoms with Gasteiger partial charge in [0.15, 0.2) is 5.16 Å². The SMILES string of the molecule is CC(C)CCNC(=O)NC(=O)CSc1ncc(CO)n1C. The Labute approximate surface area is 128 Å². The Morgan fingerprint density at radius 1 is 1.48 bits per heavy atom. The van der Waals surface area contributed by atoms with Crippen LogP contribution in [0.5, 0.6) is 0 Å². The van der Waals surface area contributed by atoms with Crippen LogP contribution in [0.25, 0.3) is 0 Å². The fourth-order valence-electron chi connectivity index (χ4n) is 1.52. The highest BCUT2D eigenvalue weighted by Gasteiger charge is 2.11. The number of carbonyl (C=O) groups is 2. The Morgan fingerprint density at radius 3 is 2.76 bits per heavy atom. The van der Waals surface area contributed by atoms with E-state index in [1.54, 1.807) is 17.8 Å². The highest BCUT2D eigenvalue weighted by Crippen LogP contribution is 2.16. The fraction of sp³-hybridized carbons (Fsp3) is 0.615. The minimum absolute atomic E-state index is 0.0906. The van der Waals surface area contributed by atoms with Crippen LogP contribution in [0.3, 0.4) is 0 Å². The summed E-state index contributed by atoms with van der Waals surface area (Å²) < 4.78 is 1.71. The maximum atomic E-state index is 11.6. The molecular weight excluding hydrogens is 292 g/mol. The molecule has 0 bridgehead atoms. The topological polar surface area (TPSA) is 96.2 Å². The molecule has 7 nitrogen and oxygen atoms in total. The van der Waals surface area contributed by atoms with Crippen molar-refractivity contribution in [3.8, 4) is 0 Å². The molecule has 0 radical (unpaired) electrons. The third-order valence-corrected chi connectivity index (χ3v) is 3.84. The number of nitrogens with one attached hydrogen (secondary N) is 2. The second-order valence-corrected chi connectivity index (χ2v) is 5.97. The van der Waals surface area contributed by atoms with Crippen molar-refractivity contribution in [2.75, 3.05) is 12.3 Å². The first-order valence-electron chi connectivity index (χ1n) is 6.76. The summed E-state index contributed by atoms with van der Waals surface area (Å²) in [4.78, 5) is 27.2. The van der Waals surface area contributed by atoms with E-state index in [0.29, 0.717) is 23.3 Å². The van der Waals surface area contributed by atoms with Crippen molar-refractivity contribution < 1.29 is 14.7 Å². The maximum absolute atomic E-state index is 11.6. The summed E-state index contributed by atoms with van der Waals surface area (Å²) in [5.41, 5.74) is 0.671. The normalized spacial score (nSPS) is 10.7. The van der Waals surface area contributed by atoms with E-state index < -0.39 is 6.03 Å². The highest BCUT2D eigenvalue weighted by atomic mass is 32.2. The molecule has 0 aliphatic rings. The van der Waals surface area contributed by atoms with Gasteiger partial charge in [-0.15, -0.1) is 0 Å². The largest absolute Gasteiger partial charge is 0.390 e. The van der Waals surface area contributed by atoms with Crippen LogP contribution in [-0.4, -0.2) is 38.9 Å². The smallest absolute Gasteiger partial charge is 0.321 e. The van der Waals surface area contributed by atoms with Crippen molar-refractivity contribution >= 4 is 23.7 Å². The first-order valence-corrected chi connectivity index (χ1v) is 7.74. The van der Waals surface area contributed by atoms with E-state index in [-0.39, 0.29) is 18.3 Å². The standard InChI is InChI=1S/C13H22N4O3S/c1-9(2)4-5-14-12(20)16-11(19)8-21-13-15-6-10(7-18)17(13)3/h6,9,18H,4-5,7-8H2,1-3H3,(H2,14,16,19,20). The number of imide groups is 1. The molecule has 118 valence electrons. The Hall–Kier alpha value is -1.54. The zero-order chi connectivity index (χ0) is 15.8. The van der Waals surface area contributed by atoms with Gasteiger partial charge >= 0.3 is 6.03 Å².